The van der Waals surface area contributed by atoms with Crippen molar-refractivity contribution in [2.75, 3.05) is 47.3 Å². The summed E-state index contributed by atoms with van der Waals surface area (Å²) in [6, 6.07) is 5.80. The molecule has 4 rings (SSSR count). The molecule has 2 aliphatic rings. The maximum absolute atomic E-state index is 13.6. The number of nitrogens with one attached hydrogen (secondary N) is 2. The molecule has 3 heterocycles. The predicted molar refractivity (Wildman–Crippen MR) is 124 cm³/mol. The maximum Gasteiger partial charge on any atom is 0.326 e. The maximum atomic E-state index is 13.6. The number of aromatic amines is 1. The molecule has 32 heavy (non-hydrogen) atoms. The summed E-state index contributed by atoms with van der Waals surface area (Å²) >= 11 is 0. The first-order valence-electron chi connectivity index (χ1n) is 11.5. The van der Waals surface area contributed by atoms with Crippen LogP contribution >= 0.6 is 0 Å². The molecule has 1 saturated heterocycles. The van der Waals surface area contributed by atoms with Crippen LogP contribution in [0.5, 0.6) is 0 Å². The van der Waals surface area contributed by atoms with E-state index >= 15 is 0 Å². The minimum absolute atomic E-state index is 0.0826. The number of likely N-dealkylation sites (tertiary alicyclic amines) is 1. The summed E-state index contributed by atoms with van der Waals surface area (Å²) in [6.07, 6.45) is 1.41. The number of hydrogen-bond acceptors (Lipinski definition) is 5. The molecule has 2 aromatic rings. The number of imidazole rings is 1. The second-order valence-electron chi connectivity index (χ2n) is 9.31. The van der Waals surface area contributed by atoms with Gasteiger partial charge in [-0.3, -0.25) is 14.3 Å². The summed E-state index contributed by atoms with van der Waals surface area (Å²) in [4.78, 5) is 47.3. The smallest absolute Gasteiger partial charge is 0.326 e. The fourth-order valence-corrected chi connectivity index (χ4v) is 5.34. The van der Waals surface area contributed by atoms with Crippen LogP contribution in [-0.2, 0) is 11.3 Å². The zero-order valence-electron chi connectivity index (χ0n) is 19.4. The number of nitrogens with zero attached hydrogens (tertiary/aromatic N) is 4. The van der Waals surface area contributed by atoms with Gasteiger partial charge in [-0.15, -0.1) is 0 Å². The van der Waals surface area contributed by atoms with E-state index in [-0.39, 0.29) is 35.5 Å². The summed E-state index contributed by atoms with van der Waals surface area (Å²) in [5, 5.41) is 2.80. The molecule has 9 heteroatoms. The van der Waals surface area contributed by atoms with Gasteiger partial charge in [0, 0.05) is 38.1 Å². The van der Waals surface area contributed by atoms with Gasteiger partial charge in [-0.25, -0.2) is 9.59 Å². The standard InChI is InChI=1S/C23H34N6O3/c1-5-24-22(31)28(11-7-10-26(2)3)21(30)15-12-17-16-8-6-9-18-20(16)29(23(32)25-18)14-19(17)27(4)13-15/h6,8-9,15,17,19H,5,7,10-14H2,1-4H3,(H,24,31)(H,25,32). The monoisotopic (exact) mass is 442 g/mol. The molecule has 0 spiro atoms. The molecular formula is C23H34N6O3. The molecule has 0 saturated carbocycles. The topological polar surface area (TPSA) is 93.7 Å². The van der Waals surface area contributed by atoms with Crippen LogP contribution in [0.25, 0.3) is 11.0 Å². The van der Waals surface area contributed by atoms with Crippen LogP contribution in [-0.4, -0.2) is 89.6 Å². The largest absolute Gasteiger partial charge is 0.338 e. The third-order valence-corrected chi connectivity index (χ3v) is 6.85. The van der Waals surface area contributed by atoms with Gasteiger partial charge >= 0.3 is 11.7 Å². The van der Waals surface area contributed by atoms with Gasteiger partial charge < -0.3 is 20.1 Å². The number of rotatable bonds is 6. The Labute approximate surface area is 188 Å². The van der Waals surface area contributed by atoms with E-state index in [1.54, 1.807) is 0 Å². The van der Waals surface area contributed by atoms with Gasteiger partial charge in [-0.2, -0.15) is 0 Å². The second-order valence-corrected chi connectivity index (χ2v) is 9.31. The van der Waals surface area contributed by atoms with E-state index < -0.39 is 0 Å². The third-order valence-electron chi connectivity index (χ3n) is 6.85. The van der Waals surface area contributed by atoms with Crippen LogP contribution < -0.4 is 11.0 Å². The van der Waals surface area contributed by atoms with Crippen molar-refractivity contribution in [2.24, 2.45) is 5.92 Å². The van der Waals surface area contributed by atoms with Crippen molar-refractivity contribution >= 4 is 23.0 Å². The number of carbonyl (C=O) groups is 2. The number of para-hydroxylation sites is 1. The molecule has 0 radical (unpaired) electrons. The number of carbonyl (C=O) groups excluding carboxylic acids is 2. The van der Waals surface area contributed by atoms with Crippen molar-refractivity contribution in [1.29, 1.82) is 0 Å². The van der Waals surface area contributed by atoms with Crippen molar-refractivity contribution in [3.05, 3.63) is 34.2 Å². The van der Waals surface area contributed by atoms with Gasteiger partial charge in [0.25, 0.3) is 0 Å². The van der Waals surface area contributed by atoms with Crippen LogP contribution in [0.1, 0.15) is 31.2 Å². The normalized spacial score (nSPS) is 22.7. The molecule has 2 N–H and O–H groups in total. The van der Waals surface area contributed by atoms with Crippen LogP contribution in [0.4, 0.5) is 4.79 Å². The van der Waals surface area contributed by atoms with Crippen molar-refractivity contribution in [3.8, 4) is 0 Å². The van der Waals surface area contributed by atoms with Gasteiger partial charge in [0.1, 0.15) is 0 Å². The lowest BCUT2D eigenvalue weighted by Gasteiger charge is -2.45. The van der Waals surface area contributed by atoms with Gasteiger partial charge in [-0.05, 0) is 59.1 Å². The molecule has 174 valence electrons. The number of piperidine rings is 1. The summed E-state index contributed by atoms with van der Waals surface area (Å²) in [5.41, 5.74) is 2.82. The van der Waals surface area contributed by atoms with E-state index in [9.17, 15) is 14.4 Å². The number of aromatic nitrogens is 2. The highest BCUT2D eigenvalue weighted by molar-refractivity contribution is 5.96. The Morgan fingerprint density at radius 2 is 2.00 bits per heavy atom. The Morgan fingerprint density at radius 3 is 2.72 bits per heavy atom. The van der Waals surface area contributed by atoms with E-state index in [4.69, 9.17) is 0 Å². The van der Waals surface area contributed by atoms with E-state index in [1.807, 2.05) is 44.8 Å². The number of urea groups is 1. The molecule has 1 aromatic heterocycles. The molecule has 1 aromatic carbocycles. The first-order chi connectivity index (χ1) is 15.3. The Morgan fingerprint density at radius 1 is 1.22 bits per heavy atom. The van der Waals surface area contributed by atoms with Crippen molar-refractivity contribution < 1.29 is 9.59 Å². The third kappa shape index (κ3) is 4.06. The Balaban J connectivity index is 1.60. The highest BCUT2D eigenvalue weighted by Gasteiger charge is 2.43. The molecule has 3 amide bonds. The number of fused-ring (bicyclic) bond motifs is 2. The van der Waals surface area contributed by atoms with Gasteiger partial charge in [0.15, 0.2) is 0 Å². The molecule has 2 aliphatic heterocycles. The average Bonchev–Trinajstić information content (AvgIpc) is 3.07. The molecular weight excluding hydrogens is 408 g/mol. The summed E-state index contributed by atoms with van der Waals surface area (Å²) in [6.45, 7) is 4.75. The number of H-pyrrole nitrogens is 1. The molecule has 0 aliphatic carbocycles. The van der Waals surface area contributed by atoms with Crippen LogP contribution in [0.15, 0.2) is 23.0 Å². The number of hydrogen-bond donors (Lipinski definition) is 2. The number of likely N-dealkylation sites (N-methyl/N-ethyl adjacent to an activating group) is 1. The van der Waals surface area contributed by atoms with Crippen molar-refractivity contribution in [2.45, 2.75) is 38.3 Å². The fraction of sp³-hybridized carbons (Fsp3) is 0.609. The van der Waals surface area contributed by atoms with E-state index in [1.165, 1.54) is 4.90 Å². The van der Waals surface area contributed by atoms with E-state index in [0.717, 1.165) is 29.6 Å². The van der Waals surface area contributed by atoms with Crippen LogP contribution in [0.2, 0.25) is 0 Å². The summed E-state index contributed by atoms with van der Waals surface area (Å²) < 4.78 is 1.83. The molecule has 9 nitrogen and oxygen atoms in total. The minimum atomic E-state index is -0.314. The van der Waals surface area contributed by atoms with Gasteiger partial charge in [-0.1, -0.05) is 12.1 Å². The van der Waals surface area contributed by atoms with Crippen LogP contribution in [0.3, 0.4) is 0 Å². The van der Waals surface area contributed by atoms with Crippen LogP contribution in [0, 0.1) is 5.92 Å². The molecule has 3 atom stereocenters. The Hall–Kier alpha value is -2.65. The molecule has 1 fully saturated rings. The molecule has 0 bridgehead atoms. The summed E-state index contributed by atoms with van der Waals surface area (Å²) in [7, 11) is 5.99. The number of benzene rings is 1. The minimum Gasteiger partial charge on any atom is -0.338 e. The SMILES string of the molecule is CCNC(=O)N(CCCN(C)C)C(=O)C1CC2c3cccc4[nH]c(=O)n(c34)CC2N(C)C1. The lowest BCUT2D eigenvalue weighted by molar-refractivity contribution is -0.135. The van der Waals surface area contributed by atoms with Gasteiger partial charge in [0.2, 0.25) is 5.91 Å². The number of imide groups is 1. The lowest BCUT2D eigenvalue weighted by atomic mass is 9.76. The Kier molecular flexibility index (Phi) is 6.39. The number of amides is 3. The average molecular weight is 443 g/mol. The first-order valence-corrected chi connectivity index (χ1v) is 11.5. The highest BCUT2D eigenvalue weighted by Crippen LogP contribution is 2.41. The predicted octanol–water partition coefficient (Wildman–Crippen LogP) is 1.26. The zero-order valence-corrected chi connectivity index (χ0v) is 19.4. The first kappa shape index (κ1) is 22.5. The van der Waals surface area contributed by atoms with E-state index in [0.29, 0.717) is 32.6 Å². The quantitative estimate of drug-likeness (QED) is 0.703. The summed E-state index contributed by atoms with van der Waals surface area (Å²) in [5.74, 6) is -0.237. The van der Waals surface area contributed by atoms with Crippen molar-refractivity contribution in [3.63, 3.8) is 0 Å². The second kappa shape index (κ2) is 9.07. The van der Waals surface area contributed by atoms with Gasteiger partial charge in [0.05, 0.1) is 17.0 Å². The van der Waals surface area contributed by atoms with Crippen molar-refractivity contribution in [1.82, 2.24) is 29.6 Å². The zero-order chi connectivity index (χ0) is 23.0. The lowest BCUT2D eigenvalue weighted by Crippen LogP contribution is -2.55. The Bertz CT molecular complexity index is 1060. The highest BCUT2D eigenvalue weighted by atomic mass is 16.2. The van der Waals surface area contributed by atoms with E-state index in [2.05, 4.69) is 26.2 Å². The fourth-order valence-electron chi connectivity index (χ4n) is 5.34. The molecule has 3 unspecified atom stereocenters.